The van der Waals surface area contributed by atoms with Gasteiger partial charge < -0.3 is 10.4 Å². The number of rotatable bonds is 4. The molecule has 1 aromatic rings. The Hall–Kier alpha value is -0.860. The second-order valence-corrected chi connectivity index (χ2v) is 4.89. The van der Waals surface area contributed by atoms with Crippen molar-refractivity contribution in [3.05, 3.63) is 34.4 Å². The smallest absolute Gasteiger partial charge is 0.0919 e. The summed E-state index contributed by atoms with van der Waals surface area (Å²) >= 11 is 0. The van der Waals surface area contributed by atoms with Crippen LogP contribution in [0.1, 0.15) is 42.2 Å². The van der Waals surface area contributed by atoms with Crippen molar-refractivity contribution in [2.75, 3.05) is 6.54 Å². The van der Waals surface area contributed by atoms with Gasteiger partial charge in [0, 0.05) is 12.6 Å². The Balaban J connectivity index is 2.86. The van der Waals surface area contributed by atoms with E-state index in [-0.39, 0.29) is 0 Å². The van der Waals surface area contributed by atoms with Crippen molar-refractivity contribution in [1.29, 1.82) is 0 Å². The molecule has 2 nitrogen and oxygen atoms in total. The third-order valence-electron chi connectivity index (χ3n) is 2.79. The molecule has 0 heterocycles. The molecule has 0 saturated carbocycles. The minimum Gasteiger partial charge on any atom is -0.387 e. The van der Waals surface area contributed by atoms with E-state index in [0.717, 1.165) is 5.56 Å². The van der Waals surface area contributed by atoms with Gasteiger partial charge in [-0.2, -0.15) is 0 Å². The first-order valence-corrected chi connectivity index (χ1v) is 5.91. The van der Waals surface area contributed by atoms with E-state index >= 15 is 0 Å². The third-order valence-corrected chi connectivity index (χ3v) is 2.79. The van der Waals surface area contributed by atoms with Crippen molar-refractivity contribution in [2.24, 2.45) is 0 Å². The van der Waals surface area contributed by atoms with Gasteiger partial charge in [0.1, 0.15) is 0 Å². The van der Waals surface area contributed by atoms with Crippen molar-refractivity contribution in [1.82, 2.24) is 5.32 Å². The average Bonchev–Trinajstić information content (AvgIpc) is 2.12. The van der Waals surface area contributed by atoms with Gasteiger partial charge in [-0.25, -0.2) is 0 Å². The fourth-order valence-electron chi connectivity index (χ4n) is 2.17. The highest BCUT2D eigenvalue weighted by molar-refractivity contribution is 5.39. The van der Waals surface area contributed by atoms with Crippen LogP contribution in [0.3, 0.4) is 0 Å². The Bertz CT molecular complexity index is 335. The molecular formula is C14H23NO. The van der Waals surface area contributed by atoms with Gasteiger partial charge in [0.25, 0.3) is 0 Å². The van der Waals surface area contributed by atoms with Gasteiger partial charge in [-0.3, -0.25) is 0 Å². The molecular weight excluding hydrogens is 198 g/mol. The zero-order valence-corrected chi connectivity index (χ0v) is 11.0. The molecule has 2 heteroatoms. The standard InChI is InChI=1S/C14H23NO/c1-9(2)15-8-13(16)14-11(4)6-10(3)7-12(14)5/h6-7,9,13,15-16H,8H2,1-5H3. The minimum atomic E-state index is -0.414. The molecule has 0 bridgehead atoms. The zero-order valence-electron chi connectivity index (χ0n) is 11.0. The van der Waals surface area contributed by atoms with Gasteiger partial charge in [-0.05, 0) is 37.5 Å². The molecule has 90 valence electrons. The first-order valence-electron chi connectivity index (χ1n) is 5.91. The van der Waals surface area contributed by atoms with Gasteiger partial charge in [-0.1, -0.05) is 31.5 Å². The number of nitrogens with one attached hydrogen (secondary N) is 1. The topological polar surface area (TPSA) is 32.3 Å². The third kappa shape index (κ3) is 3.32. The summed E-state index contributed by atoms with van der Waals surface area (Å²) in [6, 6.07) is 4.66. The van der Waals surface area contributed by atoms with Crippen molar-refractivity contribution < 1.29 is 5.11 Å². The van der Waals surface area contributed by atoms with Crippen LogP contribution >= 0.6 is 0 Å². The summed E-state index contributed by atoms with van der Waals surface area (Å²) in [5.74, 6) is 0. The number of benzene rings is 1. The predicted octanol–water partition coefficient (Wildman–Crippen LogP) is 2.64. The van der Waals surface area contributed by atoms with E-state index in [9.17, 15) is 5.11 Å². The molecule has 0 saturated heterocycles. The highest BCUT2D eigenvalue weighted by Crippen LogP contribution is 2.23. The maximum Gasteiger partial charge on any atom is 0.0919 e. The molecule has 1 atom stereocenters. The predicted molar refractivity (Wildman–Crippen MR) is 68.8 cm³/mol. The summed E-state index contributed by atoms with van der Waals surface area (Å²) in [6.45, 7) is 11.0. The summed E-state index contributed by atoms with van der Waals surface area (Å²) < 4.78 is 0. The molecule has 0 fully saturated rings. The van der Waals surface area contributed by atoms with Gasteiger partial charge in [0.2, 0.25) is 0 Å². The van der Waals surface area contributed by atoms with Crippen molar-refractivity contribution in [3.63, 3.8) is 0 Å². The fourth-order valence-corrected chi connectivity index (χ4v) is 2.17. The molecule has 16 heavy (non-hydrogen) atoms. The van der Waals surface area contributed by atoms with Crippen LogP contribution in [-0.4, -0.2) is 17.7 Å². The van der Waals surface area contributed by atoms with Gasteiger partial charge in [-0.15, -0.1) is 0 Å². The summed E-state index contributed by atoms with van der Waals surface area (Å²) in [5, 5.41) is 13.4. The van der Waals surface area contributed by atoms with Gasteiger partial charge >= 0.3 is 0 Å². The van der Waals surface area contributed by atoms with Crippen LogP contribution in [-0.2, 0) is 0 Å². The molecule has 0 spiro atoms. The Morgan fingerprint density at radius 2 is 1.62 bits per heavy atom. The molecule has 0 amide bonds. The molecule has 1 rings (SSSR count). The second-order valence-electron chi connectivity index (χ2n) is 4.89. The molecule has 0 aliphatic heterocycles. The van der Waals surface area contributed by atoms with E-state index in [1.807, 2.05) is 0 Å². The normalized spacial score (nSPS) is 13.2. The maximum absolute atomic E-state index is 10.2. The maximum atomic E-state index is 10.2. The Kier molecular flexibility index (Phi) is 4.51. The first-order chi connectivity index (χ1) is 7.41. The zero-order chi connectivity index (χ0) is 12.3. The van der Waals surface area contributed by atoms with Gasteiger partial charge in [0.05, 0.1) is 6.10 Å². The van der Waals surface area contributed by atoms with Gasteiger partial charge in [0.15, 0.2) is 0 Å². The Morgan fingerprint density at radius 1 is 1.12 bits per heavy atom. The lowest BCUT2D eigenvalue weighted by Crippen LogP contribution is -2.28. The van der Waals surface area contributed by atoms with E-state index in [2.05, 4.69) is 52.1 Å². The Morgan fingerprint density at radius 3 is 2.06 bits per heavy atom. The summed E-state index contributed by atoms with van der Waals surface area (Å²) in [4.78, 5) is 0. The molecule has 0 aromatic heterocycles. The van der Waals surface area contributed by atoms with Crippen LogP contribution in [0, 0.1) is 20.8 Å². The van der Waals surface area contributed by atoms with Crippen LogP contribution in [0.4, 0.5) is 0 Å². The second kappa shape index (κ2) is 5.46. The van der Waals surface area contributed by atoms with Crippen LogP contribution in [0.5, 0.6) is 0 Å². The molecule has 2 N–H and O–H groups in total. The van der Waals surface area contributed by atoms with Crippen molar-refractivity contribution in [3.8, 4) is 0 Å². The van der Waals surface area contributed by atoms with E-state index in [1.54, 1.807) is 0 Å². The van der Waals surface area contributed by atoms with Crippen LogP contribution in [0.15, 0.2) is 12.1 Å². The number of aryl methyl sites for hydroxylation is 3. The number of aliphatic hydroxyl groups excluding tert-OH is 1. The average molecular weight is 221 g/mol. The largest absolute Gasteiger partial charge is 0.387 e. The molecule has 1 unspecified atom stereocenters. The van der Waals surface area contributed by atoms with Crippen LogP contribution < -0.4 is 5.32 Å². The molecule has 0 aliphatic rings. The lowest BCUT2D eigenvalue weighted by molar-refractivity contribution is 0.170. The lowest BCUT2D eigenvalue weighted by Gasteiger charge is -2.19. The first kappa shape index (κ1) is 13.2. The van der Waals surface area contributed by atoms with E-state index in [1.165, 1.54) is 16.7 Å². The molecule has 1 aromatic carbocycles. The minimum absolute atomic E-state index is 0.403. The SMILES string of the molecule is Cc1cc(C)c(C(O)CNC(C)C)c(C)c1. The summed E-state index contributed by atoms with van der Waals surface area (Å²) in [5.41, 5.74) is 4.67. The highest BCUT2D eigenvalue weighted by atomic mass is 16.3. The monoisotopic (exact) mass is 221 g/mol. The number of aliphatic hydroxyl groups is 1. The summed E-state index contributed by atoms with van der Waals surface area (Å²) in [7, 11) is 0. The van der Waals surface area contributed by atoms with E-state index < -0.39 is 6.10 Å². The molecule has 0 radical (unpaired) electrons. The lowest BCUT2D eigenvalue weighted by atomic mass is 9.95. The fraction of sp³-hybridized carbons (Fsp3) is 0.571. The summed E-state index contributed by atoms with van der Waals surface area (Å²) in [6.07, 6.45) is -0.414. The quantitative estimate of drug-likeness (QED) is 0.819. The van der Waals surface area contributed by atoms with Crippen LogP contribution in [0.2, 0.25) is 0 Å². The van der Waals surface area contributed by atoms with Crippen molar-refractivity contribution in [2.45, 2.75) is 46.8 Å². The number of hydrogen-bond donors (Lipinski definition) is 2. The van der Waals surface area contributed by atoms with Crippen LogP contribution in [0.25, 0.3) is 0 Å². The highest BCUT2D eigenvalue weighted by Gasteiger charge is 2.13. The molecule has 0 aliphatic carbocycles. The van der Waals surface area contributed by atoms with E-state index in [4.69, 9.17) is 0 Å². The Labute approximate surface area is 98.7 Å². The van der Waals surface area contributed by atoms with Crippen molar-refractivity contribution >= 4 is 0 Å². The van der Waals surface area contributed by atoms with E-state index in [0.29, 0.717) is 12.6 Å². The number of hydrogen-bond acceptors (Lipinski definition) is 2.